The fourth-order valence-electron chi connectivity index (χ4n) is 3.35. The molecule has 0 radical (unpaired) electrons. The first kappa shape index (κ1) is 16.9. The highest BCUT2D eigenvalue weighted by Gasteiger charge is 2.12. The molecule has 0 bridgehead atoms. The van der Waals surface area contributed by atoms with Gasteiger partial charge in [-0.1, -0.05) is 30.3 Å². The van der Waals surface area contributed by atoms with Crippen LogP contribution in [-0.2, 0) is 6.54 Å². The molecule has 0 aliphatic rings. The third kappa shape index (κ3) is 3.16. The zero-order valence-electron chi connectivity index (χ0n) is 15.2. The van der Waals surface area contributed by atoms with Crippen LogP contribution in [0.25, 0.3) is 22.1 Å². The Morgan fingerprint density at radius 3 is 2.69 bits per heavy atom. The second kappa shape index (κ2) is 6.75. The van der Waals surface area contributed by atoms with Gasteiger partial charge in [0.1, 0.15) is 17.8 Å². The average Bonchev–Trinajstić information content (AvgIpc) is 3.31. The lowest BCUT2D eigenvalue weighted by molar-refractivity contribution is 0.0973. The van der Waals surface area contributed by atoms with Crippen LogP contribution in [0, 0.1) is 0 Å². The third-order valence-electron chi connectivity index (χ3n) is 4.74. The molecule has 0 amide bonds. The molecule has 0 fully saturated rings. The van der Waals surface area contributed by atoms with E-state index in [1.807, 2.05) is 53.2 Å². The van der Waals surface area contributed by atoms with Crippen LogP contribution < -0.4 is 11.0 Å². The van der Waals surface area contributed by atoms with Gasteiger partial charge in [-0.3, -0.25) is 4.79 Å². The number of fused-ring (bicyclic) bond motifs is 2. The molecule has 5 rings (SSSR count). The Labute approximate surface area is 164 Å². The quantitative estimate of drug-likeness (QED) is 0.403. The highest BCUT2D eigenvalue weighted by Crippen LogP contribution is 2.25. The van der Waals surface area contributed by atoms with Gasteiger partial charge >= 0.3 is 5.69 Å². The van der Waals surface area contributed by atoms with Crippen molar-refractivity contribution in [3.05, 3.63) is 83.2 Å². The van der Waals surface area contributed by atoms with E-state index < -0.39 is 0 Å². The smallest absolute Gasteiger partial charge is 0.323 e. The van der Waals surface area contributed by atoms with Gasteiger partial charge in [-0.25, -0.2) is 14.8 Å². The largest absolute Gasteiger partial charge is 0.340 e. The summed E-state index contributed by atoms with van der Waals surface area (Å²) in [4.78, 5) is 38.1. The number of aromatic amines is 2. The van der Waals surface area contributed by atoms with E-state index in [-0.39, 0.29) is 18.0 Å². The first-order chi connectivity index (χ1) is 14.2. The van der Waals surface area contributed by atoms with E-state index >= 15 is 0 Å². The standard InChI is InChI=1S/C21H16N6O2/c28-18(13-4-2-1-3-5-13)11-27-9-8-15-19(22-12-23-20(15)27)24-14-6-7-16-17(10-14)26-21(29)25-16/h1-10,12H,11H2,(H,22,23,24)(H2,25,26,29). The molecule has 29 heavy (non-hydrogen) atoms. The van der Waals surface area contributed by atoms with Crippen molar-refractivity contribution in [2.45, 2.75) is 6.54 Å². The maximum atomic E-state index is 12.5. The van der Waals surface area contributed by atoms with Crippen molar-refractivity contribution in [2.24, 2.45) is 0 Å². The number of carbonyl (C=O) groups excluding carboxylic acids is 1. The van der Waals surface area contributed by atoms with Gasteiger partial charge in [0.25, 0.3) is 0 Å². The molecule has 0 aliphatic carbocycles. The SMILES string of the molecule is O=C(Cn1ccc2c(Nc3ccc4[nH]c(=O)[nH]c4c3)ncnc21)c1ccccc1. The van der Waals surface area contributed by atoms with Crippen molar-refractivity contribution in [3.8, 4) is 0 Å². The molecule has 0 spiro atoms. The maximum Gasteiger partial charge on any atom is 0.323 e. The van der Waals surface area contributed by atoms with Crippen molar-refractivity contribution in [2.75, 3.05) is 5.32 Å². The number of Topliss-reactive ketones (excluding diaryl/α,β-unsaturated/α-hetero) is 1. The normalized spacial score (nSPS) is 11.2. The number of nitrogens with one attached hydrogen (secondary N) is 3. The molecule has 2 aromatic carbocycles. The zero-order valence-corrected chi connectivity index (χ0v) is 15.2. The monoisotopic (exact) mass is 384 g/mol. The van der Waals surface area contributed by atoms with E-state index in [0.717, 1.165) is 16.6 Å². The van der Waals surface area contributed by atoms with E-state index in [1.165, 1.54) is 6.33 Å². The fraction of sp³-hybridized carbons (Fsp3) is 0.0476. The summed E-state index contributed by atoms with van der Waals surface area (Å²) in [6.45, 7) is 0.195. The highest BCUT2D eigenvalue weighted by molar-refractivity contribution is 5.97. The van der Waals surface area contributed by atoms with E-state index in [0.29, 0.717) is 22.5 Å². The van der Waals surface area contributed by atoms with Gasteiger partial charge < -0.3 is 19.9 Å². The minimum absolute atomic E-state index is 0.0121. The number of benzene rings is 2. The molecule has 3 aromatic heterocycles. The Morgan fingerprint density at radius 1 is 1.00 bits per heavy atom. The summed E-state index contributed by atoms with van der Waals surface area (Å²) in [6.07, 6.45) is 3.29. The number of carbonyl (C=O) groups is 1. The second-order valence-corrected chi connectivity index (χ2v) is 6.66. The molecule has 0 saturated carbocycles. The number of nitrogens with zero attached hydrogens (tertiary/aromatic N) is 3. The van der Waals surface area contributed by atoms with Crippen LogP contribution in [0.3, 0.4) is 0 Å². The second-order valence-electron chi connectivity index (χ2n) is 6.66. The Kier molecular flexibility index (Phi) is 3.94. The summed E-state index contributed by atoms with van der Waals surface area (Å²) in [6, 6.07) is 16.6. The van der Waals surface area contributed by atoms with Crippen molar-refractivity contribution in [3.63, 3.8) is 0 Å². The van der Waals surface area contributed by atoms with Crippen molar-refractivity contribution in [1.82, 2.24) is 24.5 Å². The van der Waals surface area contributed by atoms with Crippen LogP contribution in [0.5, 0.6) is 0 Å². The molecule has 0 saturated heterocycles. The van der Waals surface area contributed by atoms with E-state index in [2.05, 4.69) is 25.3 Å². The number of H-pyrrole nitrogens is 2. The van der Waals surface area contributed by atoms with Crippen molar-refractivity contribution in [1.29, 1.82) is 0 Å². The molecule has 3 N–H and O–H groups in total. The molecule has 8 nitrogen and oxygen atoms in total. The molecular formula is C21H16N6O2. The molecular weight excluding hydrogens is 368 g/mol. The van der Waals surface area contributed by atoms with Crippen molar-refractivity contribution < 1.29 is 4.79 Å². The van der Waals surface area contributed by atoms with Gasteiger partial charge in [0, 0.05) is 17.4 Å². The number of anilines is 2. The van der Waals surface area contributed by atoms with Gasteiger partial charge in [0.15, 0.2) is 5.78 Å². The van der Waals surface area contributed by atoms with Crippen LogP contribution in [0.1, 0.15) is 10.4 Å². The van der Waals surface area contributed by atoms with E-state index in [4.69, 9.17) is 0 Å². The summed E-state index contributed by atoms with van der Waals surface area (Å²) in [5.41, 5.74) is 3.30. The maximum absolute atomic E-state index is 12.5. The lowest BCUT2D eigenvalue weighted by Gasteiger charge is -2.08. The summed E-state index contributed by atoms with van der Waals surface area (Å²) in [5, 5.41) is 4.06. The Hall–Kier alpha value is -4.20. The van der Waals surface area contributed by atoms with Crippen LogP contribution in [0.2, 0.25) is 0 Å². The van der Waals surface area contributed by atoms with Gasteiger partial charge in [-0.15, -0.1) is 0 Å². The molecule has 0 unspecified atom stereocenters. The third-order valence-corrected chi connectivity index (χ3v) is 4.74. The molecule has 142 valence electrons. The predicted molar refractivity (Wildman–Crippen MR) is 111 cm³/mol. The Morgan fingerprint density at radius 2 is 1.83 bits per heavy atom. The fourth-order valence-corrected chi connectivity index (χ4v) is 3.35. The summed E-state index contributed by atoms with van der Waals surface area (Å²) >= 11 is 0. The summed E-state index contributed by atoms with van der Waals surface area (Å²) in [5.74, 6) is 0.635. The Balaban J connectivity index is 1.46. The molecule has 0 aliphatic heterocycles. The highest BCUT2D eigenvalue weighted by atomic mass is 16.1. The lowest BCUT2D eigenvalue weighted by atomic mass is 10.1. The predicted octanol–water partition coefficient (Wildman–Crippen LogP) is 3.23. The lowest BCUT2D eigenvalue weighted by Crippen LogP contribution is -2.10. The minimum atomic E-state index is -0.248. The van der Waals surface area contributed by atoms with Crippen molar-refractivity contribution >= 4 is 39.4 Å². The van der Waals surface area contributed by atoms with Gasteiger partial charge in [0.05, 0.1) is 23.0 Å². The van der Waals surface area contributed by atoms with Crippen LogP contribution in [0.15, 0.2) is 71.9 Å². The first-order valence-corrected chi connectivity index (χ1v) is 9.04. The van der Waals surface area contributed by atoms with Crippen LogP contribution in [0.4, 0.5) is 11.5 Å². The topological polar surface area (TPSA) is 108 Å². The Bertz CT molecular complexity index is 1400. The van der Waals surface area contributed by atoms with Gasteiger partial charge in [-0.05, 0) is 24.3 Å². The van der Waals surface area contributed by atoms with E-state index in [9.17, 15) is 9.59 Å². The number of hydrogen-bond donors (Lipinski definition) is 3. The van der Waals surface area contributed by atoms with Crippen LogP contribution in [-0.4, -0.2) is 30.3 Å². The molecule has 5 aromatic rings. The first-order valence-electron chi connectivity index (χ1n) is 9.04. The number of hydrogen-bond acceptors (Lipinski definition) is 5. The van der Waals surface area contributed by atoms with Crippen LogP contribution >= 0.6 is 0 Å². The molecule has 3 heterocycles. The van der Waals surface area contributed by atoms with Gasteiger partial charge in [0.2, 0.25) is 0 Å². The van der Waals surface area contributed by atoms with Gasteiger partial charge in [-0.2, -0.15) is 0 Å². The molecule has 0 atom stereocenters. The minimum Gasteiger partial charge on any atom is -0.340 e. The van der Waals surface area contributed by atoms with E-state index in [1.54, 1.807) is 12.1 Å². The molecule has 8 heteroatoms. The summed E-state index contributed by atoms with van der Waals surface area (Å²) in [7, 11) is 0. The number of aromatic nitrogens is 5. The average molecular weight is 384 g/mol. The zero-order chi connectivity index (χ0) is 19.8. The number of imidazole rings is 1. The number of ketones is 1. The summed E-state index contributed by atoms with van der Waals surface area (Å²) < 4.78 is 1.81. The number of rotatable bonds is 5.